The van der Waals surface area contributed by atoms with Crippen LogP contribution in [0.2, 0.25) is 0 Å². The van der Waals surface area contributed by atoms with Crippen molar-refractivity contribution in [2.24, 2.45) is 10.7 Å². The number of carbonyl (C=O) groups is 1. The maximum atomic E-state index is 13.1. The van der Waals surface area contributed by atoms with Gasteiger partial charge in [-0.3, -0.25) is 9.79 Å². The number of rotatable bonds is 5. The summed E-state index contributed by atoms with van der Waals surface area (Å²) >= 11 is 0. The van der Waals surface area contributed by atoms with Gasteiger partial charge in [-0.25, -0.2) is 4.98 Å². The van der Waals surface area contributed by atoms with E-state index in [9.17, 15) is 18.0 Å². The van der Waals surface area contributed by atoms with Crippen molar-refractivity contribution in [3.8, 4) is 0 Å². The predicted molar refractivity (Wildman–Crippen MR) is 79.3 cm³/mol. The molecule has 2 rings (SSSR count). The number of nitrogens with one attached hydrogen (secondary N) is 1. The van der Waals surface area contributed by atoms with E-state index in [4.69, 9.17) is 5.73 Å². The van der Waals surface area contributed by atoms with Crippen molar-refractivity contribution in [3.05, 3.63) is 29.1 Å². The molecule has 0 aliphatic carbocycles. The number of alkyl halides is 3. The zero-order valence-electron chi connectivity index (χ0n) is 12.7. The molecule has 23 heavy (non-hydrogen) atoms. The highest BCUT2D eigenvalue weighted by atomic mass is 19.4. The van der Waals surface area contributed by atoms with Crippen LogP contribution >= 0.6 is 0 Å². The zero-order chi connectivity index (χ0) is 17.0. The van der Waals surface area contributed by atoms with E-state index >= 15 is 0 Å². The van der Waals surface area contributed by atoms with Crippen molar-refractivity contribution in [3.63, 3.8) is 0 Å². The van der Waals surface area contributed by atoms with Crippen LogP contribution in [0.15, 0.2) is 17.1 Å². The van der Waals surface area contributed by atoms with Crippen molar-refractivity contribution in [2.45, 2.75) is 13.1 Å². The molecule has 1 aromatic heterocycles. The molecular weight excluding hydrogens is 311 g/mol. The van der Waals surface area contributed by atoms with E-state index < -0.39 is 17.8 Å². The van der Waals surface area contributed by atoms with Crippen molar-refractivity contribution in [1.82, 2.24) is 15.2 Å². The number of aliphatic imine (C=N–C) groups is 1. The van der Waals surface area contributed by atoms with Crippen molar-refractivity contribution in [1.29, 1.82) is 0 Å². The van der Waals surface area contributed by atoms with Crippen molar-refractivity contribution < 1.29 is 18.0 Å². The zero-order valence-corrected chi connectivity index (χ0v) is 12.7. The Kier molecular flexibility index (Phi) is 5.19. The third kappa shape index (κ3) is 3.98. The van der Waals surface area contributed by atoms with Crippen LogP contribution in [0.1, 0.15) is 28.7 Å². The predicted octanol–water partition coefficient (Wildman–Crippen LogP) is 0.871. The lowest BCUT2D eigenvalue weighted by Crippen LogP contribution is -2.36. The minimum atomic E-state index is -4.64. The Bertz CT molecular complexity index is 615. The van der Waals surface area contributed by atoms with Crippen LogP contribution in [0.25, 0.3) is 0 Å². The molecule has 0 saturated carbocycles. The summed E-state index contributed by atoms with van der Waals surface area (Å²) in [6.07, 6.45) is -4.64. The Morgan fingerprint density at radius 2 is 2.17 bits per heavy atom. The maximum Gasteiger partial charge on any atom is 0.433 e. The number of likely N-dealkylation sites (N-methyl/N-ethyl adjacent to an activating group) is 1. The number of pyridine rings is 1. The van der Waals surface area contributed by atoms with Gasteiger partial charge in [-0.15, -0.1) is 0 Å². The summed E-state index contributed by atoms with van der Waals surface area (Å²) in [6.45, 7) is 3.57. The fourth-order valence-corrected chi connectivity index (χ4v) is 2.23. The first-order valence-electron chi connectivity index (χ1n) is 7.24. The summed E-state index contributed by atoms with van der Waals surface area (Å²) in [6, 6.07) is 2.22. The fraction of sp³-hybridized carbons (Fsp3) is 0.500. The van der Waals surface area contributed by atoms with E-state index in [1.54, 1.807) is 6.92 Å². The number of aromatic nitrogens is 1. The molecule has 0 atom stereocenters. The monoisotopic (exact) mass is 329 g/mol. The number of carbonyl (C=O) groups excluding carboxylic acids is 1. The first-order chi connectivity index (χ1) is 10.9. The van der Waals surface area contributed by atoms with Crippen LogP contribution in [0.4, 0.5) is 13.2 Å². The quantitative estimate of drug-likeness (QED) is 0.840. The summed E-state index contributed by atoms with van der Waals surface area (Å²) in [7, 11) is 0. The summed E-state index contributed by atoms with van der Waals surface area (Å²) < 4.78 is 39.2. The molecule has 1 aliphatic rings. The number of amidine groups is 1. The third-order valence-corrected chi connectivity index (χ3v) is 3.35. The average molecular weight is 329 g/mol. The Balaban J connectivity index is 2.45. The molecule has 3 N–H and O–H groups in total. The molecule has 1 aromatic rings. The number of nitrogens with zero attached hydrogens (tertiary/aromatic N) is 3. The highest BCUT2D eigenvalue weighted by Gasteiger charge is 2.34. The van der Waals surface area contributed by atoms with Gasteiger partial charge in [0, 0.05) is 31.7 Å². The summed E-state index contributed by atoms with van der Waals surface area (Å²) in [5.74, 6) is -0.238. The van der Waals surface area contributed by atoms with E-state index in [1.807, 2.05) is 0 Å². The van der Waals surface area contributed by atoms with Crippen LogP contribution in [-0.4, -0.2) is 54.4 Å². The van der Waals surface area contributed by atoms with Crippen molar-refractivity contribution in [2.75, 3.05) is 32.7 Å². The van der Waals surface area contributed by atoms with Gasteiger partial charge >= 0.3 is 6.18 Å². The molecule has 1 aliphatic heterocycles. The molecule has 0 saturated heterocycles. The second-order valence-electron chi connectivity index (χ2n) is 4.95. The first kappa shape index (κ1) is 17.2. The number of nitrogens with two attached hydrogens (primary N) is 1. The van der Waals surface area contributed by atoms with Gasteiger partial charge in [0.2, 0.25) is 0 Å². The molecule has 0 unspecified atom stereocenters. The number of amides is 1. The molecule has 2 heterocycles. The first-order valence-corrected chi connectivity index (χ1v) is 7.24. The van der Waals surface area contributed by atoms with E-state index in [2.05, 4.69) is 15.3 Å². The average Bonchev–Trinajstić information content (AvgIpc) is 3.05. The van der Waals surface area contributed by atoms with Gasteiger partial charge in [-0.05, 0) is 19.1 Å². The minimum absolute atomic E-state index is 0.206. The van der Waals surface area contributed by atoms with E-state index in [1.165, 1.54) is 11.0 Å². The Hall–Kier alpha value is -2.16. The Morgan fingerprint density at radius 3 is 2.70 bits per heavy atom. The topological polar surface area (TPSA) is 83.6 Å². The van der Waals surface area contributed by atoms with E-state index in [0.717, 1.165) is 6.07 Å². The SMILES string of the molecule is CCN(CCN)C(=O)c1cc(C2=NCCN2)cc(C(F)(F)F)n1. The molecule has 9 heteroatoms. The molecule has 0 aromatic carbocycles. The Labute approximate surface area is 131 Å². The maximum absolute atomic E-state index is 13.1. The lowest BCUT2D eigenvalue weighted by Gasteiger charge is -2.20. The van der Waals surface area contributed by atoms with Gasteiger partial charge in [0.05, 0.1) is 6.54 Å². The second kappa shape index (κ2) is 6.95. The summed E-state index contributed by atoms with van der Waals surface area (Å²) in [5, 5.41) is 2.90. The third-order valence-electron chi connectivity index (χ3n) is 3.35. The van der Waals surface area contributed by atoms with Gasteiger partial charge in [0.15, 0.2) is 0 Å². The number of halogens is 3. The molecule has 126 valence electrons. The van der Waals surface area contributed by atoms with Gasteiger partial charge < -0.3 is 16.0 Å². The van der Waals surface area contributed by atoms with Crippen molar-refractivity contribution >= 4 is 11.7 Å². The number of hydrogen-bond donors (Lipinski definition) is 2. The van der Waals surface area contributed by atoms with Gasteiger partial charge in [-0.2, -0.15) is 13.2 Å². The summed E-state index contributed by atoms with van der Waals surface area (Å²) in [4.78, 5) is 21.3. The molecule has 0 radical (unpaired) electrons. The summed E-state index contributed by atoms with van der Waals surface area (Å²) in [5.41, 5.74) is 4.26. The van der Waals surface area contributed by atoms with E-state index in [-0.39, 0.29) is 24.3 Å². The minimum Gasteiger partial charge on any atom is -0.368 e. The lowest BCUT2D eigenvalue weighted by molar-refractivity contribution is -0.141. The molecular formula is C14H18F3N5O. The van der Waals surface area contributed by atoms with Crippen LogP contribution in [0.3, 0.4) is 0 Å². The normalized spacial score (nSPS) is 14.4. The van der Waals surface area contributed by atoms with E-state index in [0.29, 0.717) is 25.5 Å². The molecule has 0 spiro atoms. The standard InChI is InChI=1S/C14H18F3N5O/c1-2-22(6-3-18)13(23)10-7-9(12-19-4-5-20-12)8-11(21-10)14(15,16)17/h7-8H,2-6,18H2,1H3,(H,19,20). The lowest BCUT2D eigenvalue weighted by atomic mass is 10.1. The molecule has 1 amide bonds. The van der Waals surface area contributed by atoms with Crippen LogP contribution in [-0.2, 0) is 6.18 Å². The highest BCUT2D eigenvalue weighted by Crippen LogP contribution is 2.29. The molecule has 6 nitrogen and oxygen atoms in total. The molecule has 0 fully saturated rings. The molecule has 0 bridgehead atoms. The van der Waals surface area contributed by atoms with Gasteiger partial charge in [-0.1, -0.05) is 0 Å². The smallest absolute Gasteiger partial charge is 0.368 e. The second-order valence-corrected chi connectivity index (χ2v) is 4.95. The Morgan fingerprint density at radius 1 is 1.43 bits per heavy atom. The van der Waals surface area contributed by atoms with Gasteiger partial charge in [0.25, 0.3) is 5.91 Å². The number of hydrogen-bond acceptors (Lipinski definition) is 5. The van der Waals surface area contributed by atoms with Crippen LogP contribution < -0.4 is 11.1 Å². The fourth-order valence-electron chi connectivity index (χ4n) is 2.23. The highest BCUT2D eigenvalue weighted by molar-refractivity contribution is 6.02. The van der Waals surface area contributed by atoms with Gasteiger partial charge in [0.1, 0.15) is 17.2 Å². The van der Waals surface area contributed by atoms with Crippen LogP contribution in [0.5, 0.6) is 0 Å². The largest absolute Gasteiger partial charge is 0.433 e. The van der Waals surface area contributed by atoms with Crippen LogP contribution in [0, 0.1) is 0 Å².